The molecule has 0 aliphatic heterocycles. The van der Waals surface area contributed by atoms with Crippen LogP contribution in [0.1, 0.15) is 20.8 Å². The average molecular weight is 212 g/mol. The molecule has 13 heavy (non-hydrogen) atoms. The first kappa shape index (κ1) is 12.8. The fourth-order valence-corrected chi connectivity index (χ4v) is 6.86. The zero-order valence-electron chi connectivity index (χ0n) is 9.40. The summed E-state index contributed by atoms with van der Waals surface area (Å²) in [5.74, 6) is 0. The molecule has 0 aromatic carbocycles. The highest BCUT2D eigenvalue weighted by Gasteiger charge is 2.42. The first-order valence-electron chi connectivity index (χ1n) is 4.61. The Kier molecular flexibility index (Phi) is 4.23. The van der Waals surface area contributed by atoms with Crippen LogP contribution in [0, 0.1) is 0 Å². The first-order chi connectivity index (χ1) is 5.73. The molecule has 0 saturated heterocycles. The van der Waals surface area contributed by atoms with Crippen molar-refractivity contribution in [2.75, 3.05) is 0 Å². The van der Waals surface area contributed by atoms with Gasteiger partial charge in [0.15, 0.2) is 0 Å². The van der Waals surface area contributed by atoms with Gasteiger partial charge in [-0.1, -0.05) is 40.4 Å². The third kappa shape index (κ3) is 3.18. The minimum absolute atomic E-state index is 0.220. The van der Waals surface area contributed by atoms with Gasteiger partial charge in [-0.25, -0.2) is 0 Å². The van der Waals surface area contributed by atoms with Gasteiger partial charge >= 0.3 is 0 Å². The van der Waals surface area contributed by atoms with Crippen LogP contribution in [-0.4, -0.2) is 15.8 Å². The third-order valence-electron chi connectivity index (χ3n) is 3.00. The smallest absolute Gasteiger partial charge is 0.261 e. The van der Waals surface area contributed by atoms with Crippen LogP contribution in [0.2, 0.25) is 24.2 Å². The monoisotopic (exact) mass is 212 g/mol. The van der Waals surface area contributed by atoms with E-state index in [-0.39, 0.29) is 5.04 Å². The molecule has 0 amide bonds. The van der Waals surface area contributed by atoms with Crippen molar-refractivity contribution >= 4 is 15.8 Å². The van der Waals surface area contributed by atoms with Crippen LogP contribution in [0.25, 0.3) is 0 Å². The third-order valence-corrected chi connectivity index (χ3v) is 15.8. The molecule has 0 spiro atoms. The maximum absolute atomic E-state index is 12.0. The molecule has 0 N–H and O–H groups in total. The van der Waals surface area contributed by atoms with Gasteiger partial charge in [-0.3, -0.25) is 0 Å². The van der Waals surface area contributed by atoms with Crippen molar-refractivity contribution < 1.29 is 4.46 Å². The summed E-state index contributed by atoms with van der Waals surface area (Å²) in [6, 6.07) is 0.685. The largest absolute Gasteiger partial charge is 0.392 e. The molecule has 3 heteroatoms. The van der Waals surface area contributed by atoms with Gasteiger partial charge in [0.2, 0.25) is 0 Å². The first-order valence-corrected chi connectivity index (χ1v) is 10.2. The highest BCUT2D eigenvalue weighted by Crippen LogP contribution is 2.36. The highest BCUT2D eigenvalue weighted by molar-refractivity contribution is 7.27. The van der Waals surface area contributed by atoms with Crippen molar-refractivity contribution in [3.05, 3.63) is 18.4 Å². The Balaban J connectivity index is 4.64. The maximum Gasteiger partial charge on any atom is 0.261 e. The normalized spacial score (nSPS) is 12.1. The minimum atomic E-state index is -1.60. The van der Waals surface area contributed by atoms with Crippen LogP contribution in [0.5, 0.6) is 0 Å². The second kappa shape index (κ2) is 4.31. The second-order valence-corrected chi connectivity index (χ2v) is 16.3. The molecular weight excluding hydrogens is 192 g/mol. The standard InChI is InChI=1S/C10H20OSi2/c1-7-8-9-12(11)13(5,6)10(2,3)4/h8H,1,9H2,2-6H3. The predicted molar refractivity (Wildman–Crippen MR) is 62.2 cm³/mol. The van der Waals surface area contributed by atoms with E-state index in [0.717, 1.165) is 0 Å². The minimum Gasteiger partial charge on any atom is -0.392 e. The summed E-state index contributed by atoms with van der Waals surface area (Å²) in [5, 5.41) is 0.220. The van der Waals surface area contributed by atoms with Gasteiger partial charge in [0, 0.05) is 6.04 Å². The van der Waals surface area contributed by atoms with Gasteiger partial charge < -0.3 is 4.46 Å². The Bertz CT molecular complexity index is 242. The number of hydrogen-bond acceptors (Lipinski definition) is 1. The Morgan fingerprint density at radius 1 is 1.46 bits per heavy atom. The Labute approximate surface area is 84.0 Å². The van der Waals surface area contributed by atoms with E-state index in [1.54, 1.807) is 0 Å². The predicted octanol–water partition coefficient (Wildman–Crippen LogP) is 3.34. The Hall–Kier alpha value is -0.246. The zero-order valence-corrected chi connectivity index (χ0v) is 11.4. The summed E-state index contributed by atoms with van der Waals surface area (Å²) in [6.45, 7) is 14.5. The van der Waals surface area contributed by atoms with Gasteiger partial charge in [0.1, 0.15) is 7.59 Å². The molecule has 74 valence electrons. The Morgan fingerprint density at radius 3 is 2.23 bits per heavy atom. The summed E-state index contributed by atoms with van der Waals surface area (Å²) in [4.78, 5) is 0. The second-order valence-electron chi connectivity index (χ2n) is 4.91. The van der Waals surface area contributed by atoms with Crippen molar-refractivity contribution in [3.63, 3.8) is 0 Å². The van der Waals surface area contributed by atoms with Crippen LogP contribution in [0.3, 0.4) is 0 Å². The van der Waals surface area contributed by atoms with E-state index in [9.17, 15) is 4.46 Å². The maximum atomic E-state index is 12.0. The fraction of sp³-hybridized carbons (Fsp3) is 0.700. The molecule has 0 rings (SSSR count). The highest BCUT2D eigenvalue weighted by atomic mass is 29.2. The zero-order chi connectivity index (χ0) is 10.7. The summed E-state index contributed by atoms with van der Waals surface area (Å²) < 4.78 is 12.0. The van der Waals surface area contributed by atoms with E-state index >= 15 is 0 Å². The molecule has 0 fully saturated rings. The van der Waals surface area contributed by atoms with Gasteiger partial charge in [-0.05, 0) is 11.1 Å². The van der Waals surface area contributed by atoms with Crippen molar-refractivity contribution in [2.24, 2.45) is 0 Å². The topological polar surface area (TPSA) is 17.1 Å². The van der Waals surface area contributed by atoms with E-state index in [1.165, 1.54) is 0 Å². The number of rotatable bonds is 3. The molecule has 0 radical (unpaired) electrons. The van der Waals surface area contributed by atoms with Gasteiger partial charge in [0.25, 0.3) is 8.20 Å². The van der Waals surface area contributed by atoms with Crippen LogP contribution in [0.15, 0.2) is 18.4 Å². The molecule has 0 bridgehead atoms. The van der Waals surface area contributed by atoms with Crippen LogP contribution >= 0.6 is 0 Å². The lowest BCUT2D eigenvalue weighted by molar-refractivity contribution is 0.568. The SMILES string of the molecule is C=C=CC[Si](=O)[Si](C)(C)C(C)(C)C. The molecule has 0 unspecified atom stereocenters. The lowest BCUT2D eigenvalue weighted by Crippen LogP contribution is -2.47. The van der Waals surface area contributed by atoms with E-state index < -0.39 is 15.8 Å². The van der Waals surface area contributed by atoms with E-state index in [0.29, 0.717) is 6.04 Å². The number of allylic oxidation sites excluding steroid dienone is 1. The lowest BCUT2D eigenvalue weighted by Gasteiger charge is -2.34. The van der Waals surface area contributed by atoms with E-state index in [4.69, 9.17) is 0 Å². The van der Waals surface area contributed by atoms with Crippen LogP contribution < -0.4 is 0 Å². The van der Waals surface area contributed by atoms with Gasteiger partial charge in [-0.15, -0.1) is 5.73 Å². The molecular formula is C10H20OSi2. The summed E-state index contributed by atoms with van der Waals surface area (Å²) in [6.07, 6.45) is 1.81. The fourth-order valence-electron chi connectivity index (χ4n) is 0.838. The molecule has 0 saturated carbocycles. The van der Waals surface area contributed by atoms with Gasteiger partial charge in [0.05, 0.1) is 0 Å². The molecule has 0 atom stereocenters. The molecule has 0 aliphatic rings. The molecule has 0 aliphatic carbocycles. The van der Waals surface area contributed by atoms with Crippen molar-refractivity contribution in [3.8, 4) is 0 Å². The van der Waals surface area contributed by atoms with E-state index in [2.05, 4.69) is 46.2 Å². The molecule has 0 aromatic rings. The van der Waals surface area contributed by atoms with Crippen molar-refractivity contribution in [1.82, 2.24) is 0 Å². The van der Waals surface area contributed by atoms with Crippen molar-refractivity contribution in [2.45, 2.75) is 44.9 Å². The summed E-state index contributed by atoms with van der Waals surface area (Å²) in [7, 11) is -3.05. The summed E-state index contributed by atoms with van der Waals surface area (Å²) in [5.41, 5.74) is 2.69. The molecule has 1 nitrogen and oxygen atoms in total. The summed E-state index contributed by atoms with van der Waals surface area (Å²) >= 11 is 0. The van der Waals surface area contributed by atoms with Crippen molar-refractivity contribution in [1.29, 1.82) is 0 Å². The van der Waals surface area contributed by atoms with Crippen LogP contribution in [0.4, 0.5) is 0 Å². The Morgan fingerprint density at radius 2 is 1.92 bits per heavy atom. The van der Waals surface area contributed by atoms with E-state index in [1.807, 2.05) is 6.08 Å². The lowest BCUT2D eigenvalue weighted by atomic mass is 10.2. The molecule has 0 aromatic heterocycles. The molecule has 0 heterocycles. The van der Waals surface area contributed by atoms with Gasteiger partial charge in [-0.2, -0.15) is 0 Å². The quantitative estimate of drug-likeness (QED) is 0.518. The number of hydrogen-bond donors (Lipinski definition) is 0. The average Bonchev–Trinajstić information content (AvgIpc) is 1.97. The van der Waals surface area contributed by atoms with Crippen LogP contribution in [-0.2, 0) is 4.46 Å².